The molecule has 15 heteroatoms. The number of rotatable bonds is 35. The highest BCUT2D eigenvalue weighted by Gasteiger charge is 2.47. The molecule has 0 bridgehead atoms. The number of aliphatic hydroxyl groups is 7. The molecule has 2 saturated heterocycles. The summed E-state index contributed by atoms with van der Waals surface area (Å²) in [5, 5.41) is 71.8. The topological polar surface area (TPSA) is 231 Å². The molecule has 4 unspecified atom stereocenters. The van der Waals surface area contributed by atoms with Crippen molar-refractivity contribution >= 4 is 11.9 Å². The lowest BCUT2D eigenvalue weighted by Gasteiger charge is -2.42. The largest absolute Gasteiger partial charge is 0.462 e. The second kappa shape index (κ2) is 35.0. The van der Waals surface area contributed by atoms with Crippen molar-refractivity contribution in [3.63, 3.8) is 0 Å². The second-order valence-electron chi connectivity index (χ2n) is 16.6. The Hall–Kier alpha value is -2.28. The van der Waals surface area contributed by atoms with Crippen LogP contribution < -0.4 is 0 Å². The standard InChI is InChI=1S/C47H82O15/c1-3-5-7-9-11-13-14-15-16-17-18-19-20-22-23-25-27-29-38(49)57-32-35(60-39(50)30-28-26-24-21-12-10-8-6-4-2)33-58-46-45(56)43(54)41(52)37(62-46)34-59-47-44(55)42(53)40(51)36(31-48)61-47/h11,13,15-16,18-19,35-37,40-48,51-56H,3-10,12,14,17,20-34H2,1-2H3/b13-11+,16-15+,19-18+/t35-,36+,37+,40-,41-,42?,43?,44?,45?,46+,47+/m0/s1. The third-order valence-electron chi connectivity index (χ3n) is 11.1. The molecule has 0 saturated carbocycles. The minimum absolute atomic E-state index is 0.161. The van der Waals surface area contributed by atoms with Gasteiger partial charge in [-0.1, -0.05) is 127 Å². The lowest BCUT2D eigenvalue weighted by Crippen LogP contribution is -2.61. The average Bonchev–Trinajstić information content (AvgIpc) is 3.26. The van der Waals surface area contributed by atoms with Crippen molar-refractivity contribution in [2.45, 2.75) is 223 Å². The SMILES string of the molecule is CCCCC/C=C/C/C=C/C/C=C/CCCCCCC(=O)OC[C@@H](CO[C@@H]1O[C@H](CO[C@@H]2O[C@H](CO)[C@H](O)C(O)C2O)[C@H](O)C(O)C1O)OC(=O)CCCCCCCCCCC. The predicted molar refractivity (Wildman–Crippen MR) is 234 cm³/mol. The van der Waals surface area contributed by atoms with Gasteiger partial charge in [-0.15, -0.1) is 0 Å². The van der Waals surface area contributed by atoms with Gasteiger partial charge in [-0.3, -0.25) is 9.59 Å². The van der Waals surface area contributed by atoms with E-state index in [-0.39, 0.29) is 26.1 Å². The normalized spacial score (nSPS) is 27.4. The molecule has 0 amide bonds. The first-order valence-corrected chi connectivity index (χ1v) is 23.6. The first-order valence-electron chi connectivity index (χ1n) is 23.6. The summed E-state index contributed by atoms with van der Waals surface area (Å²) >= 11 is 0. The highest BCUT2D eigenvalue weighted by molar-refractivity contribution is 5.70. The van der Waals surface area contributed by atoms with Gasteiger partial charge in [0.15, 0.2) is 18.7 Å². The highest BCUT2D eigenvalue weighted by atomic mass is 16.7. The van der Waals surface area contributed by atoms with E-state index in [1.807, 2.05) is 0 Å². The Morgan fingerprint density at radius 1 is 0.516 bits per heavy atom. The Balaban J connectivity index is 1.83. The Kier molecular flexibility index (Phi) is 31.6. The number of carbonyl (C=O) groups is 2. The van der Waals surface area contributed by atoms with Crippen LogP contribution in [0.25, 0.3) is 0 Å². The zero-order chi connectivity index (χ0) is 45.4. The van der Waals surface area contributed by atoms with Gasteiger partial charge in [0, 0.05) is 12.8 Å². The third kappa shape index (κ3) is 23.6. The number of allylic oxidation sites excluding steroid dienone is 6. The van der Waals surface area contributed by atoms with Crippen molar-refractivity contribution in [2.24, 2.45) is 0 Å². The number of carbonyl (C=O) groups excluding carboxylic acids is 2. The first-order chi connectivity index (χ1) is 30.0. The van der Waals surface area contributed by atoms with Gasteiger partial charge in [-0.25, -0.2) is 0 Å². The van der Waals surface area contributed by atoms with Crippen LogP contribution in [0.2, 0.25) is 0 Å². The molecule has 11 atom stereocenters. The maximum Gasteiger partial charge on any atom is 0.306 e. The van der Waals surface area contributed by atoms with Crippen LogP contribution in [-0.2, 0) is 38.0 Å². The Bertz CT molecular complexity index is 1230. The summed E-state index contributed by atoms with van der Waals surface area (Å²) in [6.07, 6.45) is 17.7. The molecule has 2 fully saturated rings. The summed E-state index contributed by atoms with van der Waals surface area (Å²) in [4.78, 5) is 25.6. The fraction of sp³-hybridized carbons (Fsp3) is 0.830. The molecule has 62 heavy (non-hydrogen) atoms. The quantitative estimate of drug-likeness (QED) is 0.0241. The fourth-order valence-corrected chi connectivity index (χ4v) is 7.16. The Morgan fingerprint density at radius 3 is 1.55 bits per heavy atom. The van der Waals surface area contributed by atoms with E-state index in [0.29, 0.717) is 12.8 Å². The summed E-state index contributed by atoms with van der Waals surface area (Å²) in [5.74, 6) is -0.954. The van der Waals surface area contributed by atoms with Crippen LogP contribution in [0.1, 0.15) is 155 Å². The van der Waals surface area contributed by atoms with Crippen molar-refractivity contribution in [1.29, 1.82) is 0 Å². The van der Waals surface area contributed by atoms with E-state index in [2.05, 4.69) is 50.3 Å². The summed E-state index contributed by atoms with van der Waals surface area (Å²) in [7, 11) is 0. The number of ether oxygens (including phenoxy) is 6. The molecule has 2 aliphatic rings. The molecule has 0 aromatic heterocycles. The molecule has 0 aliphatic carbocycles. The zero-order valence-corrected chi connectivity index (χ0v) is 37.6. The highest BCUT2D eigenvalue weighted by Crippen LogP contribution is 2.26. The van der Waals surface area contributed by atoms with E-state index in [0.717, 1.165) is 64.2 Å². The third-order valence-corrected chi connectivity index (χ3v) is 11.1. The van der Waals surface area contributed by atoms with Crippen LogP contribution in [0.5, 0.6) is 0 Å². The van der Waals surface area contributed by atoms with Gasteiger partial charge in [0.05, 0.1) is 19.8 Å². The molecular formula is C47H82O15. The number of hydrogen-bond donors (Lipinski definition) is 7. The number of unbranched alkanes of at least 4 members (excludes halogenated alkanes) is 15. The molecule has 0 aromatic rings. The maximum atomic E-state index is 12.9. The Labute approximate surface area is 370 Å². The van der Waals surface area contributed by atoms with E-state index in [4.69, 9.17) is 28.4 Å². The molecule has 2 heterocycles. The molecule has 0 radical (unpaired) electrons. The predicted octanol–water partition coefficient (Wildman–Crippen LogP) is 5.37. The summed E-state index contributed by atoms with van der Waals surface area (Å²) in [5.41, 5.74) is 0. The van der Waals surface area contributed by atoms with Gasteiger partial charge in [-0.2, -0.15) is 0 Å². The molecule has 0 aromatic carbocycles. The van der Waals surface area contributed by atoms with Crippen molar-refractivity contribution in [3.05, 3.63) is 36.5 Å². The van der Waals surface area contributed by atoms with Crippen molar-refractivity contribution in [3.8, 4) is 0 Å². The van der Waals surface area contributed by atoms with Crippen LogP contribution in [0.4, 0.5) is 0 Å². The minimum Gasteiger partial charge on any atom is -0.462 e. The van der Waals surface area contributed by atoms with Crippen LogP contribution in [-0.4, -0.2) is 142 Å². The number of esters is 2. The van der Waals surface area contributed by atoms with E-state index in [1.54, 1.807) is 0 Å². The lowest BCUT2D eigenvalue weighted by molar-refractivity contribution is -0.332. The van der Waals surface area contributed by atoms with E-state index in [9.17, 15) is 45.3 Å². The molecule has 360 valence electrons. The number of hydrogen-bond acceptors (Lipinski definition) is 15. The number of aliphatic hydroxyl groups excluding tert-OH is 7. The molecule has 2 aliphatic heterocycles. The smallest absolute Gasteiger partial charge is 0.306 e. The summed E-state index contributed by atoms with van der Waals surface area (Å²) < 4.78 is 33.4. The molecular weight excluding hydrogens is 805 g/mol. The van der Waals surface area contributed by atoms with Gasteiger partial charge in [0.2, 0.25) is 0 Å². The summed E-state index contributed by atoms with van der Waals surface area (Å²) in [6, 6.07) is 0. The Morgan fingerprint density at radius 2 is 0.968 bits per heavy atom. The molecule has 7 N–H and O–H groups in total. The van der Waals surface area contributed by atoms with Crippen LogP contribution in [0, 0.1) is 0 Å². The maximum absolute atomic E-state index is 12.9. The van der Waals surface area contributed by atoms with Crippen molar-refractivity contribution < 1.29 is 73.8 Å². The summed E-state index contributed by atoms with van der Waals surface area (Å²) in [6.45, 7) is 2.49. The van der Waals surface area contributed by atoms with E-state index >= 15 is 0 Å². The van der Waals surface area contributed by atoms with Crippen molar-refractivity contribution in [2.75, 3.05) is 26.4 Å². The zero-order valence-electron chi connectivity index (χ0n) is 37.6. The van der Waals surface area contributed by atoms with E-state index < -0.39 is 92.7 Å². The molecule has 15 nitrogen and oxygen atoms in total. The first kappa shape index (κ1) is 55.9. The van der Waals surface area contributed by atoms with Gasteiger partial charge < -0.3 is 64.2 Å². The van der Waals surface area contributed by atoms with Gasteiger partial charge >= 0.3 is 11.9 Å². The van der Waals surface area contributed by atoms with Gasteiger partial charge in [0.1, 0.15) is 55.4 Å². The molecule has 2 rings (SSSR count). The van der Waals surface area contributed by atoms with Crippen LogP contribution in [0.15, 0.2) is 36.5 Å². The average molecular weight is 887 g/mol. The second-order valence-corrected chi connectivity index (χ2v) is 16.6. The fourth-order valence-electron chi connectivity index (χ4n) is 7.16. The van der Waals surface area contributed by atoms with Gasteiger partial charge in [-0.05, 0) is 51.4 Å². The van der Waals surface area contributed by atoms with E-state index in [1.165, 1.54) is 51.4 Å². The lowest BCUT2D eigenvalue weighted by atomic mass is 9.98. The van der Waals surface area contributed by atoms with Crippen molar-refractivity contribution in [1.82, 2.24) is 0 Å². The minimum atomic E-state index is -1.77. The van der Waals surface area contributed by atoms with Gasteiger partial charge in [0.25, 0.3) is 0 Å². The van der Waals surface area contributed by atoms with Crippen LogP contribution in [0.3, 0.4) is 0 Å². The van der Waals surface area contributed by atoms with Crippen LogP contribution >= 0.6 is 0 Å². The molecule has 0 spiro atoms. The monoisotopic (exact) mass is 887 g/mol.